The van der Waals surface area contributed by atoms with Crippen LogP contribution < -0.4 is 5.62 Å². The second kappa shape index (κ2) is 10.5. The Morgan fingerprint density at radius 2 is 1.87 bits per heavy atom. The molecule has 0 aliphatic heterocycles. The number of carbonyl (C=O) groups is 1. The highest BCUT2D eigenvalue weighted by Crippen LogP contribution is 2.31. The summed E-state index contributed by atoms with van der Waals surface area (Å²) in [5.74, 6) is 0. The minimum absolute atomic E-state index is 0.306. The van der Waals surface area contributed by atoms with Gasteiger partial charge in [-0.15, -0.1) is 4.99 Å². The molecule has 5 rings (SSSR count). The van der Waals surface area contributed by atoms with Gasteiger partial charge in [0.1, 0.15) is 0 Å². The van der Waals surface area contributed by atoms with Gasteiger partial charge in [0.2, 0.25) is 5.62 Å². The lowest BCUT2D eigenvalue weighted by atomic mass is 10.0. The first-order valence-electron chi connectivity index (χ1n) is 12.4. The Hall–Kier alpha value is -4.41. The monoisotopic (exact) mass is 523 g/mol. The van der Waals surface area contributed by atoms with Crippen LogP contribution in [0.2, 0.25) is 5.02 Å². The van der Waals surface area contributed by atoms with Gasteiger partial charge in [0.25, 0.3) is 0 Å². The van der Waals surface area contributed by atoms with Crippen LogP contribution in [0.3, 0.4) is 0 Å². The third-order valence-corrected chi connectivity index (χ3v) is 6.83. The molecule has 190 valence electrons. The predicted octanol–water partition coefficient (Wildman–Crippen LogP) is 6.86. The van der Waals surface area contributed by atoms with Crippen molar-refractivity contribution < 1.29 is 9.53 Å². The third kappa shape index (κ3) is 4.67. The number of nitriles is 1. The van der Waals surface area contributed by atoms with Crippen molar-refractivity contribution in [2.75, 3.05) is 6.61 Å². The van der Waals surface area contributed by atoms with E-state index in [4.69, 9.17) is 21.3 Å². The molecule has 0 saturated heterocycles. The van der Waals surface area contributed by atoms with Crippen molar-refractivity contribution in [1.82, 2.24) is 14.1 Å². The Kier molecular flexibility index (Phi) is 6.99. The maximum atomic E-state index is 12.7. The highest BCUT2D eigenvalue weighted by atomic mass is 35.5. The van der Waals surface area contributed by atoms with E-state index in [1.807, 2.05) is 78.6 Å². The summed E-state index contributed by atoms with van der Waals surface area (Å²) in [7, 11) is 1.84. The Balaban J connectivity index is 1.86. The van der Waals surface area contributed by atoms with Crippen LogP contribution in [-0.2, 0) is 11.8 Å². The average Bonchev–Trinajstić information content (AvgIpc) is 3.20. The molecular formula is C30H26ClN5O2. The number of benzene rings is 3. The van der Waals surface area contributed by atoms with Crippen LogP contribution in [0.1, 0.15) is 30.9 Å². The van der Waals surface area contributed by atoms with Gasteiger partial charge in [-0.3, -0.25) is 9.55 Å². The molecule has 38 heavy (non-hydrogen) atoms. The molecule has 0 fully saturated rings. The molecule has 2 aromatic heterocycles. The van der Waals surface area contributed by atoms with Gasteiger partial charge in [-0.1, -0.05) is 49.2 Å². The number of hydrogen-bond acceptors (Lipinski definition) is 4. The van der Waals surface area contributed by atoms with Crippen LogP contribution in [0.25, 0.3) is 38.8 Å². The maximum Gasteiger partial charge on any atom is 0.436 e. The molecule has 2 heterocycles. The second-order valence-electron chi connectivity index (χ2n) is 9.12. The van der Waals surface area contributed by atoms with E-state index >= 15 is 0 Å². The summed E-state index contributed by atoms with van der Waals surface area (Å²) in [6.07, 6.45) is 2.80. The number of fused-ring (bicyclic) bond motifs is 3. The third-order valence-electron chi connectivity index (χ3n) is 6.58. The van der Waals surface area contributed by atoms with Crippen molar-refractivity contribution >= 4 is 39.6 Å². The van der Waals surface area contributed by atoms with Crippen molar-refractivity contribution in [2.45, 2.75) is 26.7 Å². The molecule has 0 N–H and O–H groups in total. The molecule has 1 amide bonds. The van der Waals surface area contributed by atoms with E-state index in [-0.39, 0.29) is 0 Å². The summed E-state index contributed by atoms with van der Waals surface area (Å²) in [6, 6.07) is 21.5. The molecule has 0 aliphatic rings. The van der Waals surface area contributed by atoms with Crippen molar-refractivity contribution in [3.8, 4) is 22.9 Å². The maximum absolute atomic E-state index is 12.7. The predicted molar refractivity (Wildman–Crippen MR) is 149 cm³/mol. The molecule has 0 bridgehead atoms. The summed E-state index contributed by atoms with van der Waals surface area (Å²) in [4.78, 5) is 21.8. The summed E-state index contributed by atoms with van der Waals surface area (Å²) < 4.78 is 9.11. The lowest BCUT2D eigenvalue weighted by Gasteiger charge is -2.12. The largest absolute Gasteiger partial charge is 0.448 e. The number of ether oxygens (including phenoxy) is 1. The van der Waals surface area contributed by atoms with Gasteiger partial charge in [-0.2, -0.15) is 5.26 Å². The minimum Gasteiger partial charge on any atom is -0.448 e. The van der Waals surface area contributed by atoms with Gasteiger partial charge >= 0.3 is 6.09 Å². The second-order valence-corrected chi connectivity index (χ2v) is 9.55. The summed E-state index contributed by atoms with van der Waals surface area (Å²) in [6.45, 7) is 4.30. The fraction of sp³-hybridized carbons (Fsp3) is 0.200. The number of nitrogens with zero attached hydrogens (tertiary/aromatic N) is 5. The topological polar surface area (TPSA) is 85.2 Å². The smallest absolute Gasteiger partial charge is 0.436 e. The average molecular weight is 524 g/mol. The lowest BCUT2D eigenvalue weighted by molar-refractivity contribution is 0.154. The molecule has 0 unspecified atom stereocenters. The van der Waals surface area contributed by atoms with Gasteiger partial charge in [-0.05, 0) is 66.4 Å². The summed E-state index contributed by atoms with van der Waals surface area (Å²) >= 11 is 6.11. The number of rotatable bonds is 5. The number of unbranched alkanes of at least 4 members (excludes halogenated alkanes) is 1. The van der Waals surface area contributed by atoms with Gasteiger partial charge < -0.3 is 9.30 Å². The summed E-state index contributed by atoms with van der Waals surface area (Å²) in [5.41, 5.74) is 6.98. The fourth-order valence-corrected chi connectivity index (χ4v) is 4.64. The Labute approximate surface area is 225 Å². The molecular weight excluding hydrogens is 498 g/mol. The first-order valence-corrected chi connectivity index (χ1v) is 12.8. The quantitative estimate of drug-likeness (QED) is 0.236. The van der Waals surface area contributed by atoms with Crippen molar-refractivity contribution in [2.24, 2.45) is 12.0 Å². The van der Waals surface area contributed by atoms with Gasteiger partial charge in [0.05, 0.1) is 46.7 Å². The number of carbonyl (C=O) groups excluding carboxylic acids is 1. The van der Waals surface area contributed by atoms with Gasteiger partial charge in [0.15, 0.2) is 0 Å². The Bertz CT molecular complexity index is 1790. The van der Waals surface area contributed by atoms with E-state index < -0.39 is 6.09 Å². The van der Waals surface area contributed by atoms with Crippen molar-refractivity contribution in [1.29, 1.82) is 5.26 Å². The Morgan fingerprint density at radius 1 is 1.11 bits per heavy atom. The summed E-state index contributed by atoms with van der Waals surface area (Å²) in [5, 5.41) is 11.2. The number of aromatic nitrogens is 3. The van der Waals surface area contributed by atoms with Gasteiger partial charge in [-0.25, -0.2) is 4.79 Å². The van der Waals surface area contributed by atoms with Crippen LogP contribution in [0.4, 0.5) is 4.79 Å². The lowest BCUT2D eigenvalue weighted by Crippen LogP contribution is -2.26. The molecule has 5 aromatic rings. The van der Waals surface area contributed by atoms with Crippen LogP contribution in [0.5, 0.6) is 0 Å². The molecule has 0 spiro atoms. The van der Waals surface area contributed by atoms with E-state index in [9.17, 15) is 10.1 Å². The zero-order valence-electron chi connectivity index (χ0n) is 21.4. The zero-order valence-corrected chi connectivity index (χ0v) is 22.2. The van der Waals surface area contributed by atoms with Crippen LogP contribution in [0, 0.1) is 18.3 Å². The molecule has 7 nitrogen and oxygen atoms in total. The first-order chi connectivity index (χ1) is 18.4. The number of imidazole rings is 1. The number of pyridine rings is 1. The van der Waals surface area contributed by atoms with E-state index in [1.54, 1.807) is 12.3 Å². The van der Waals surface area contributed by atoms with E-state index in [0.717, 1.165) is 57.2 Å². The first kappa shape index (κ1) is 25.2. The highest BCUT2D eigenvalue weighted by molar-refractivity contribution is 6.30. The molecule has 0 radical (unpaired) electrons. The number of halogens is 1. The highest BCUT2D eigenvalue weighted by Gasteiger charge is 2.18. The van der Waals surface area contributed by atoms with E-state index in [1.165, 1.54) is 0 Å². The molecule has 0 atom stereocenters. The zero-order chi connectivity index (χ0) is 26.8. The molecule has 8 heteroatoms. The van der Waals surface area contributed by atoms with Gasteiger partial charge in [0, 0.05) is 17.5 Å². The van der Waals surface area contributed by atoms with E-state index in [0.29, 0.717) is 22.8 Å². The Morgan fingerprint density at radius 3 is 2.61 bits per heavy atom. The number of hydrogen-bond donors (Lipinski definition) is 0. The SMILES string of the molecule is CCCCOC(=O)/N=c1\n(C)c2cnc3ccc(-c4ccc(Cl)cc4)cc3c2n1-c1cc(C#N)ccc1C. The molecule has 3 aromatic carbocycles. The van der Waals surface area contributed by atoms with Crippen LogP contribution >= 0.6 is 11.6 Å². The number of aryl methyl sites for hydroxylation is 2. The normalized spacial score (nSPS) is 11.7. The van der Waals surface area contributed by atoms with E-state index in [2.05, 4.69) is 17.1 Å². The molecule has 0 saturated carbocycles. The van der Waals surface area contributed by atoms with Crippen LogP contribution in [0.15, 0.2) is 71.9 Å². The fourth-order valence-electron chi connectivity index (χ4n) is 4.52. The van der Waals surface area contributed by atoms with Crippen LogP contribution in [-0.4, -0.2) is 26.8 Å². The van der Waals surface area contributed by atoms with Crippen molar-refractivity contribution in [3.63, 3.8) is 0 Å². The number of amides is 1. The standard InChI is InChI=1S/C30H26ClN5O2/c1-4-5-14-38-30(37)34-29-35(3)27-18-33-25-13-10-22(21-8-11-23(31)12-9-21)16-24(25)28(27)36(29)26-15-20(17-32)7-6-19(26)2/h6-13,15-16,18H,4-5,14H2,1-3H3/b34-29+. The minimum atomic E-state index is -0.661. The van der Waals surface area contributed by atoms with Crippen molar-refractivity contribution in [3.05, 3.63) is 88.6 Å². The molecule has 0 aliphatic carbocycles.